The van der Waals surface area contributed by atoms with Gasteiger partial charge in [0.2, 0.25) is 0 Å². The Balaban J connectivity index is 0. The van der Waals surface area contributed by atoms with E-state index in [0.29, 0.717) is 0 Å². The van der Waals surface area contributed by atoms with Gasteiger partial charge in [-0.1, -0.05) is 7.43 Å². The molecule has 3 rings (SSSR count). The molecule has 19 nitrogen and oxygen atoms in total. The number of nitrogen functional groups attached to an aromatic ring is 1. The molecular formula is C11H20N5Na2O14P3. The zero-order valence-corrected chi connectivity index (χ0v) is 24.0. The number of anilines is 1. The van der Waals surface area contributed by atoms with Gasteiger partial charge in [-0.25, -0.2) is 28.1 Å². The quantitative estimate of drug-likeness (QED) is 0.142. The van der Waals surface area contributed by atoms with Crippen LogP contribution in [0.2, 0.25) is 0 Å². The van der Waals surface area contributed by atoms with Crippen molar-refractivity contribution in [2.75, 3.05) is 12.3 Å². The summed E-state index contributed by atoms with van der Waals surface area (Å²) in [4.78, 5) is 51.0. The van der Waals surface area contributed by atoms with Crippen molar-refractivity contribution >= 4 is 40.4 Å². The van der Waals surface area contributed by atoms with Crippen molar-refractivity contribution < 1.29 is 126 Å². The fourth-order valence-electron chi connectivity index (χ4n) is 2.61. The first-order valence-corrected chi connectivity index (χ1v) is 12.3. The fraction of sp³-hybridized carbons (Fsp3) is 0.545. The summed E-state index contributed by atoms with van der Waals surface area (Å²) in [6, 6.07) is 0. The third kappa shape index (κ3) is 9.69. The molecule has 3 heterocycles. The Kier molecular flexibility index (Phi) is 15.2. The van der Waals surface area contributed by atoms with E-state index in [1.54, 1.807) is 0 Å². The van der Waals surface area contributed by atoms with Crippen molar-refractivity contribution in [1.82, 2.24) is 19.5 Å². The normalized spacial score (nSPS) is 26.6. The summed E-state index contributed by atoms with van der Waals surface area (Å²) in [5, 5.41) is 20.4. The maximum absolute atomic E-state index is 11.7. The van der Waals surface area contributed by atoms with Crippen molar-refractivity contribution in [3.8, 4) is 0 Å². The molecule has 0 radical (unpaired) electrons. The van der Waals surface area contributed by atoms with Crippen LogP contribution >= 0.6 is 23.5 Å². The Morgan fingerprint density at radius 1 is 1.09 bits per heavy atom. The molecule has 4 unspecified atom stereocenters. The van der Waals surface area contributed by atoms with E-state index >= 15 is 0 Å². The number of ether oxygens (including phenoxy) is 1. The minimum Gasteiger partial charge on any atom is -0.756 e. The maximum atomic E-state index is 11.7. The van der Waals surface area contributed by atoms with Crippen molar-refractivity contribution in [1.29, 1.82) is 0 Å². The van der Waals surface area contributed by atoms with E-state index in [9.17, 15) is 38.6 Å². The molecule has 24 heteroatoms. The zero-order chi connectivity index (χ0) is 23.2. The molecular weight excluding hydrogens is 565 g/mol. The number of hydrogen-bond donors (Lipinski definition) is 5. The van der Waals surface area contributed by atoms with Crippen LogP contribution in [-0.4, -0.2) is 69.9 Å². The Bertz CT molecular complexity index is 1120. The van der Waals surface area contributed by atoms with Crippen LogP contribution in [0.5, 0.6) is 0 Å². The molecule has 190 valence electrons. The number of aliphatic hydroxyl groups excluding tert-OH is 2. The van der Waals surface area contributed by atoms with E-state index < -0.39 is 54.6 Å². The van der Waals surface area contributed by atoms with E-state index in [2.05, 4.69) is 28.1 Å². The summed E-state index contributed by atoms with van der Waals surface area (Å²) in [5.74, 6) is 0.0322. The Labute approximate surface area is 241 Å². The number of nitrogens with zero attached hydrogens (tertiary/aromatic N) is 4. The van der Waals surface area contributed by atoms with Crippen molar-refractivity contribution in [2.24, 2.45) is 0 Å². The molecule has 1 saturated heterocycles. The molecule has 0 aromatic carbocycles. The van der Waals surface area contributed by atoms with E-state index in [4.69, 9.17) is 15.4 Å². The minimum absolute atomic E-state index is 0. The molecule has 0 spiro atoms. The molecule has 0 aliphatic carbocycles. The molecule has 1 aliphatic rings. The maximum Gasteiger partial charge on any atom is 1.00 e. The monoisotopic (exact) mass is 585 g/mol. The number of aromatic nitrogens is 4. The van der Waals surface area contributed by atoms with Crippen molar-refractivity contribution in [2.45, 2.75) is 32.0 Å². The van der Waals surface area contributed by atoms with Gasteiger partial charge in [-0.3, -0.25) is 18.2 Å². The predicted molar refractivity (Wildman–Crippen MR) is 101 cm³/mol. The molecule has 7 atom stereocenters. The average Bonchev–Trinajstić information content (AvgIpc) is 3.13. The number of fused-ring (bicyclic) bond motifs is 1. The van der Waals surface area contributed by atoms with Crippen LogP contribution in [-0.2, 0) is 31.6 Å². The molecule has 1 fully saturated rings. The van der Waals surface area contributed by atoms with Crippen LogP contribution in [0.25, 0.3) is 11.2 Å². The summed E-state index contributed by atoms with van der Waals surface area (Å²) >= 11 is 0. The second-order valence-corrected chi connectivity index (χ2v) is 10.3. The first-order chi connectivity index (χ1) is 14.2. The number of nitrogens with two attached hydrogens (primary N) is 1. The van der Waals surface area contributed by atoms with Gasteiger partial charge < -0.3 is 45.7 Å². The van der Waals surface area contributed by atoms with E-state index in [-0.39, 0.29) is 89.0 Å². The molecule has 2 aromatic rings. The van der Waals surface area contributed by atoms with Gasteiger partial charge in [0.25, 0.3) is 15.6 Å². The topological polar surface area (TPSA) is 316 Å². The van der Waals surface area contributed by atoms with Gasteiger partial charge in [-0.05, 0) is 0 Å². The van der Waals surface area contributed by atoms with Gasteiger partial charge in [0.1, 0.15) is 30.2 Å². The minimum atomic E-state index is -6.01. The second kappa shape index (κ2) is 14.1. The molecule has 8 N–H and O–H groups in total. The van der Waals surface area contributed by atoms with Crippen LogP contribution in [0, 0.1) is 0 Å². The van der Waals surface area contributed by atoms with Gasteiger partial charge in [0.15, 0.2) is 17.7 Å². The second-order valence-electron chi connectivity index (χ2n) is 5.97. The molecule has 0 bridgehead atoms. The van der Waals surface area contributed by atoms with Crippen LogP contribution < -0.4 is 74.6 Å². The van der Waals surface area contributed by atoms with E-state index in [1.165, 1.54) is 10.9 Å². The van der Waals surface area contributed by atoms with Crippen molar-refractivity contribution in [3.63, 3.8) is 0 Å². The molecule has 2 aromatic heterocycles. The predicted octanol–water partition coefficient (Wildman–Crippen LogP) is -9.07. The SMILES string of the molecule is C.Nc1ncnc2c1ncn2[C@@H]1O[C@H](COP(=O)(O)OP(=O)([O-])OP(=O)([O-])O)C(O)[C@@H]1O.O.[Na+].[Na+]. The largest absolute Gasteiger partial charge is 1.00 e. The number of aliphatic hydroxyl groups is 2. The Morgan fingerprint density at radius 3 is 2.26 bits per heavy atom. The van der Waals surface area contributed by atoms with Gasteiger partial charge in [0, 0.05) is 0 Å². The molecule has 0 amide bonds. The van der Waals surface area contributed by atoms with Crippen LogP contribution in [0.15, 0.2) is 12.7 Å². The van der Waals surface area contributed by atoms with Gasteiger partial charge >= 0.3 is 66.9 Å². The van der Waals surface area contributed by atoms with Crippen LogP contribution in [0.4, 0.5) is 5.82 Å². The third-order valence-electron chi connectivity index (χ3n) is 3.81. The number of imidazole rings is 1. The first-order valence-electron chi connectivity index (χ1n) is 7.88. The van der Waals surface area contributed by atoms with Gasteiger partial charge in [-0.2, -0.15) is 0 Å². The first kappa shape index (κ1) is 37.8. The molecule has 35 heavy (non-hydrogen) atoms. The standard InChI is InChI=1S/C10H16N5O13P3.CH4.2Na.H2O/c11-8-5-9(13-2-12-8)15(3-14-5)10-7(17)6(16)4(26-10)1-25-30(21,22)28-31(23,24)27-29(18,19)20;;;;/h2-4,6-7,10,16-17H,1H2,(H,21,22)(H,23,24)(H2,11,12,13)(H2,18,19,20);1H4;;;1H2/q;;2*+1;/p-2/t4-,6?,7+,10-;;;;/m1..../s1. The summed E-state index contributed by atoms with van der Waals surface area (Å²) in [7, 11) is -17.4. The average molecular weight is 585 g/mol. The number of phosphoric acid groups is 3. The number of rotatable bonds is 8. The summed E-state index contributed by atoms with van der Waals surface area (Å²) in [6.45, 7) is -1.000. The van der Waals surface area contributed by atoms with Crippen LogP contribution in [0.3, 0.4) is 0 Å². The Morgan fingerprint density at radius 2 is 1.69 bits per heavy atom. The summed E-state index contributed by atoms with van der Waals surface area (Å²) in [5.41, 5.74) is 5.97. The van der Waals surface area contributed by atoms with Gasteiger partial charge in [0.05, 0.1) is 12.9 Å². The Hall–Kier alpha value is 0.600. The van der Waals surface area contributed by atoms with Crippen LogP contribution in [0.1, 0.15) is 13.7 Å². The number of hydrogen-bond acceptors (Lipinski definition) is 15. The molecule has 1 aliphatic heterocycles. The van der Waals surface area contributed by atoms with E-state index in [0.717, 1.165) is 6.33 Å². The summed E-state index contributed by atoms with van der Waals surface area (Å²) < 4.78 is 51.0. The zero-order valence-electron chi connectivity index (χ0n) is 17.3. The summed E-state index contributed by atoms with van der Waals surface area (Å²) in [6.07, 6.45) is -3.81. The smallest absolute Gasteiger partial charge is 0.756 e. The third-order valence-corrected chi connectivity index (χ3v) is 7.53. The van der Waals surface area contributed by atoms with Gasteiger partial charge in [-0.15, -0.1) is 0 Å². The van der Waals surface area contributed by atoms with E-state index in [1.807, 2.05) is 0 Å². The molecule has 0 saturated carbocycles. The number of phosphoric ester groups is 1. The fourth-order valence-corrected chi connectivity index (χ4v) is 5.55. The van der Waals surface area contributed by atoms with Crippen molar-refractivity contribution in [3.05, 3.63) is 12.7 Å².